The van der Waals surface area contributed by atoms with Gasteiger partial charge in [-0.1, -0.05) is 24.1 Å². The van der Waals surface area contributed by atoms with Crippen molar-refractivity contribution < 1.29 is 0 Å². The van der Waals surface area contributed by atoms with Crippen LogP contribution in [0.5, 0.6) is 0 Å². The fourth-order valence-corrected chi connectivity index (χ4v) is 1.53. The molecule has 2 aromatic rings. The van der Waals surface area contributed by atoms with Crippen molar-refractivity contribution in [3.8, 4) is 11.8 Å². The molecule has 0 aliphatic rings. The van der Waals surface area contributed by atoms with Crippen LogP contribution in [0.2, 0.25) is 0 Å². The highest BCUT2D eigenvalue weighted by Gasteiger charge is 2.00. The van der Waals surface area contributed by atoms with Crippen LogP contribution in [-0.4, -0.2) is 16.7 Å². The highest BCUT2D eigenvalue weighted by atomic mass is 15.1. The van der Waals surface area contributed by atoms with Crippen LogP contribution in [0.15, 0.2) is 24.4 Å². The van der Waals surface area contributed by atoms with Gasteiger partial charge < -0.3 is 5.32 Å². The Kier molecular flexibility index (Phi) is 3.01. The van der Waals surface area contributed by atoms with E-state index in [1.165, 1.54) is 5.56 Å². The van der Waals surface area contributed by atoms with Gasteiger partial charge in [-0.25, -0.2) is 0 Å². The smallest absolute Gasteiger partial charge is 0.0695 e. The lowest BCUT2D eigenvalue weighted by Gasteiger charge is -2.02. The summed E-state index contributed by atoms with van der Waals surface area (Å²) < 4.78 is 0. The van der Waals surface area contributed by atoms with Crippen molar-refractivity contribution in [3.05, 3.63) is 30.0 Å². The molecule has 0 amide bonds. The van der Waals surface area contributed by atoms with Crippen LogP contribution in [0.4, 0.5) is 0 Å². The van der Waals surface area contributed by atoms with Gasteiger partial charge in [-0.3, -0.25) is 5.10 Å². The zero-order chi connectivity index (χ0) is 10.5. The second-order valence-corrected chi connectivity index (χ2v) is 3.28. The van der Waals surface area contributed by atoms with E-state index in [1.807, 2.05) is 25.3 Å². The first-order valence-electron chi connectivity index (χ1n) is 4.93. The van der Waals surface area contributed by atoms with Gasteiger partial charge in [-0.05, 0) is 12.5 Å². The number of H-pyrrole nitrogens is 1. The molecule has 0 saturated heterocycles. The lowest BCUT2D eigenvalue weighted by atomic mass is 10.1. The van der Waals surface area contributed by atoms with Crippen LogP contribution in [0.25, 0.3) is 10.9 Å². The second kappa shape index (κ2) is 4.63. The molecule has 0 aliphatic heterocycles. The molecule has 2 rings (SSSR count). The Morgan fingerprint density at radius 1 is 1.47 bits per heavy atom. The highest BCUT2D eigenvalue weighted by molar-refractivity contribution is 5.81. The van der Waals surface area contributed by atoms with Crippen molar-refractivity contribution in [2.45, 2.75) is 13.5 Å². The van der Waals surface area contributed by atoms with Crippen molar-refractivity contribution in [2.75, 3.05) is 6.54 Å². The summed E-state index contributed by atoms with van der Waals surface area (Å²) >= 11 is 0. The van der Waals surface area contributed by atoms with E-state index in [0.29, 0.717) is 0 Å². The molecule has 0 spiro atoms. The van der Waals surface area contributed by atoms with Gasteiger partial charge >= 0.3 is 0 Å². The average molecular weight is 199 g/mol. The molecule has 0 atom stereocenters. The van der Waals surface area contributed by atoms with Gasteiger partial charge in [0.15, 0.2) is 0 Å². The molecule has 0 aliphatic carbocycles. The first-order chi connectivity index (χ1) is 7.42. The summed E-state index contributed by atoms with van der Waals surface area (Å²) in [7, 11) is 0. The maximum absolute atomic E-state index is 4.03. The van der Waals surface area contributed by atoms with Gasteiger partial charge in [0, 0.05) is 11.9 Å². The molecule has 0 saturated carbocycles. The van der Waals surface area contributed by atoms with Crippen molar-refractivity contribution in [2.24, 2.45) is 0 Å². The number of hydrogen-bond acceptors (Lipinski definition) is 2. The van der Waals surface area contributed by atoms with Crippen LogP contribution in [0.3, 0.4) is 0 Å². The minimum atomic E-state index is 0.723. The predicted octanol–water partition coefficient (Wildman–Crippen LogP) is 1.68. The number of nitrogens with zero attached hydrogens (tertiary/aromatic N) is 1. The van der Waals surface area contributed by atoms with Crippen LogP contribution in [0.1, 0.15) is 12.5 Å². The molecule has 1 heterocycles. The molecule has 1 aromatic carbocycles. The topological polar surface area (TPSA) is 40.7 Å². The van der Waals surface area contributed by atoms with Crippen molar-refractivity contribution in [1.29, 1.82) is 0 Å². The molecule has 1 aromatic heterocycles. The van der Waals surface area contributed by atoms with E-state index in [2.05, 4.69) is 33.4 Å². The van der Waals surface area contributed by atoms with Crippen LogP contribution in [-0.2, 0) is 6.54 Å². The Balaban J connectivity index is 2.12. The van der Waals surface area contributed by atoms with E-state index in [4.69, 9.17) is 0 Å². The molecule has 3 nitrogen and oxygen atoms in total. The van der Waals surface area contributed by atoms with Crippen molar-refractivity contribution >= 4 is 10.9 Å². The Morgan fingerprint density at radius 3 is 3.27 bits per heavy atom. The highest BCUT2D eigenvalue weighted by Crippen LogP contribution is 2.14. The summed E-state index contributed by atoms with van der Waals surface area (Å²) in [5, 5.41) is 11.4. The van der Waals surface area contributed by atoms with Gasteiger partial charge in [0.25, 0.3) is 0 Å². The number of hydrogen-bond donors (Lipinski definition) is 2. The van der Waals surface area contributed by atoms with E-state index in [9.17, 15) is 0 Å². The maximum Gasteiger partial charge on any atom is 0.0695 e. The summed E-state index contributed by atoms with van der Waals surface area (Å²) in [4.78, 5) is 0. The van der Waals surface area contributed by atoms with Gasteiger partial charge in [-0.2, -0.15) is 5.10 Å². The first kappa shape index (κ1) is 9.75. The third kappa shape index (κ3) is 2.17. The lowest BCUT2D eigenvalue weighted by Crippen LogP contribution is -2.13. The fraction of sp³-hybridized carbons (Fsp3) is 0.250. The van der Waals surface area contributed by atoms with Crippen LogP contribution >= 0.6 is 0 Å². The monoisotopic (exact) mass is 199 g/mol. The van der Waals surface area contributed by atoms with E-state index < -0.39 is 0 Å². The zero-order valence-electron chi connectivity index (χ0n) is 8.67. The quantitative estimate of drug-likeness (QED) is 0.583. The largest absolute Gasteiger partial charge is 0.302 e. The van der Waals surface area contributed by atoms with Gasteiger partial charge in [0.2, 0.25) is 0 Å². The normalized spacial score (nSPS) is 9.93. The molecular weight excluding hydrogens is 186 g/mol. The standard InChI is InChI=1S/C12H13N3/c1-2-3-7-13-8-10-5-4-6-11-9-14-15-12(10)11/h4-6,9,13H,7-8H2,1H3,(H,14,15). The fourth-order valence-electron chi connectivity index (χ4n) is 1.53. The number of benzene rings is 1. The molecule has 2 N–H and O–H groups in total. The number of nitrogens with one attached hydrogen (secondary N) is 2. The molecule has 0 bridgehead atoms. The average Bonchev–Trinajstić information content (AvgIpc) is 2.73. The summed E-state index contributed by atoms with van der Waals surface area (Å²) in [6, 6.07) is 6.18. The van der Waals surface area contributed by atoms with E-state index >= 15 is 0 Å². The minimum absolute atomic E-state index is 0.723. The van der Waals surface area contributed by atoms with Crippen LogP contribution < -0.4 is 5.32 Å². The SMILES string of the molecule is CC#CCNCc1cccc2cn[nH]c12. The molecule has 3 heteroatoms. The number of fused-ring (bicyclic) bond motifs is 1. The molecule has 0 radical (unpaired) electrons. The van der Waals surface area contributed by atoms with Gasteiger partial charge in [0.05, 0.1) is 18.3 Å². The Labute approximate surface area is 88.9 Å². The van der Waals surface area contributed by atoms with E-state index in [-0.39, 0.29) is 0 Å². The number of para-hydroxylation sites is 1. The molecular formula is C12H13N3. The van der Waals surface area contributed by atoms with Crippen molar-refractivity contribution in [3.63, 3.8) is 0 Å². The number of rotatable bonds is 3. The summed E-state index contributed by atoms with van der Waals surface area (Å²) in [6.45, 7) is 3.38. The number of aromatic nitrogens is 2. The van der Waals surface area contributed by atoms with E-state index in [0.717, 1.165) is 24.0 Å². The maximum atomic E-state index is 4.03. The van der Waals surface area contributed by atoms with Crippen LogP contribution in [0, 0.1) is 11.8 Å². The molecule has 0 unspecified atom stereocenters. The van der Waals surface area contributed by atoms with Gasteiger partial charge in [-0.15, -0.1) is 5.92 Å². The Morgan fingerprint density at radius 2 is 2.40 bits per heavy atom. The summed E-state index contributed by atoms with van der Waals surface area (Å²) in [5.74, 6) is 5.83. The molecule has 76 valence electrons. The third-order valence-electron chi connectivity index (χ3n) is 2.27. The number of aromatic amines is 1. The second-order valence-electron chi connectivity index (χ2n) is 3.28. The lowest BCUT2D eigenvalue weighted by molar-refractivity contribution is 0.772. The summed E-state index contributed by atoms with van der Waals surface area (Å²) in [6.07, 6.45) is 1.84. The minimum Gasteiger partial charge on any atom is -0.302 e. The molecule has 0 fully saturated rings. The van der Waals surface area contributed by atoms with E-state index in [1.54, 1.807) is 0 Å². The Hall–Kier alpha value is -1.79. The predicted molar refractivity (Wildman–Crippen MR) is 61.3 cm³/mol. The summed E-state index contributed by atoms with van der Waals surface area (Å²) in [5.41, 5.74) is 2.33. The van der Waals surface area contributed by atoms with Gasteiger partial charge in [0.1, 0.15) is 0 Å². The zero-order valence-corrected chi connectivity index (χ0v) is 8.67. The van der Waals surface area contributed by atoms with Crippen molar-refractivity contribution in [1.82, 2.24) is 15.5 Å². The third-order valence-corrected chi connectivity index (χ3v) is 2.27. The Bertz CT molecular complexity index is 502. The first-order valence-corrected chi connectivity index (χ1v) is 4.93. The molecule has 15 heavy (non-hydrogen) atoms.